The molecule has 1 aromatic heterocycles. The second-order valence-electron chi connectivity index (χ2n) is 6.08. The molecule has 0 radical (unpaired) electrons. The summed E-state index contributed by atoms with van der Waals surface area (Å²) in [6, 6.07) is 10.4. The van der Waals surface area contributed by atoms with Crippen LogP contribution in [0.15, 0.2) is 42.6 Å². The number of aromatic nitrogens is 1. The normalized spacial score (nSPS) is 17.6. The van der Waals surface area contributed by atoms with E-state index in [1.165, 1.54) is 25.0 Å². The number of anilines is 2. The number of para-hydroxylation sites is 1. The molecule has 126 valence electrons. The zero-order valence-corrected chi connectivity index (χ0v) is 13.8. The Bertz CT molecular complexity index is 719. The molecule has 24 heavy (non-hydrogen) atoms. The number of rotatable bonds is 4. The highest BCUT2D eigenvalue weighted by Gasteiger charge is 2.22. The lowest BCUT2D eigenvalue weighted by atomic mass is 9.99. The number of nitrogens with zero attached hydrogens (tertiary/aromatic N) is 2. The Labute approximate surface area is 141 Å². The van der Waals surface area contributed by atoms with Crippen molar-refractivity contribution in [2.24, 2.45) is 0 Å². The molecule has 1 aliphatic rings. The van der Waals surface area contributed by atoms with Gasteiger partial charge in [-0.2, -0.15) is 0 Å². The van der Waals surface area contributed by atoms with E-state index in [0.717, 1.165) is 25.1 Å². The van der Waals surface area contributed by atoms with E-state index in [1.807, 2.05) is 6.07 Å². The summed E-state index contributed by atoms with van der Waals surface area (Å²) in [5, 5.41) is 2.59. The lowest BCUT2D eigenvalue weighted by Gasteiger charge is -2.37. The van der Waals surface area contributed by atoms with Crippen LogP contribution in [-0.4, -0.2) is 23.5 Å². The van der Waals surface area contributed by atoms with Gasteiger partial charge in [-0.25, -0.2) is 4.39 Å². The molecule has 1 amide bonds. The Morgan fingerprint density at radius 3 is 2.96 bits per heavy atom. The van der Waals surface area contributed by atoms with E-state index in [9.17, 15) is 9.18 Å². The Morgan fingerprint density at radius 2 is 2.17 bits per heavy atom. The first-order valence-corrected chi connectivity index (χ1v) is 8.47. The van der Waals surface area contributed by atoms with Gasteiger partial charge in [0, 0.05) is 24.5 Å². The van der Waals surface area contributed by atoms with Gasteiger partial charge in [0.15, 0.2) is 0 Å². The van der Waals surface area contributed by atoms with Crippen LogP contribution in [0.1, 0.15) is 43.1 Å². The van der Waals surface area contributed by atoms with E-state index in [-0.39, 0.29) is 5.69 Å². The smallest absolute Gasteiger partial charge is 0.274 e. The molecule has 0 spiro atoms. The number of hydrogen-bond acceptors (Lipinski definition) is 3. The Kier molecular flexibility index (Phi) is 5.08. The molecule has 4 nitrogen and oxygen atoms in total. The van der Waals surface area contributed by atoms with Crippen molar-refractivity contribution in [3.05, 3.63) is 54.1 Å². The maximum absolute atomic E-state index is 13.7. The van der Waals surface area contributed by atoms with Gasteiger partial charge in [-0.3, -0.25) is 9.78 Å². The Balaban J connectivity index is 1.79. The third-order valence-electron chi connectivity index (χ3n) is 4.53. The van der Waals surface area contributed by atoms with Crippen molar-refractivity contribution in [3.8, 4) is 0 Å². The first kappa shape index (κ1) is 16.4. The zero-order chi connectivity index (χ0) is 16.9. The molecule has 1 saturated heterocycles. The summed E-state index contributed by atoms with van der Waals surface area (Å²) >= 11 is 0. The fourth-order valence-electron chi connectivity index (χ4n) is 3.24. The van der Waals surface area contributed by atoms with E-state index >= 15 is 0 Å². The van der Waals surface area contributed by atoms with Crippen molar-refractivity contribution in [1.29, 1.82) is 0 Å². The molecule has 2 heterocycles. The van der Waals surface area contributed by atoms with Gasteiger partial charge >= 0.3 is 0 Å². The highest BCUT2D eigenvalue weighted by atomic mass is 19.1. The van der Waals surface area contributed by atoms with Crippen molar-refractivity contribution in [1.82, 2.24) is 4.98 Å². The number of pyridine rings is 1. The summed E-state index contributed by atoms with van der Waals surface area (Å²) in [4.78, 5) is 18.9. The molecule has 0 bridgehead atoms. The maximum atomic E-state index is 13.7. The van der Waals surface area contributed by atoms with Gasteiger partial charge in [0.2, 0.25) is 0 Å². The summed E-state index contributed by atoms with van der Waals surface area (Å²) in [6.07, 6.45) is 6.32. The van der Waals surface area contributed by atoms with E-state index in [0.29, 0.717) is 11.7 Å². The second kappa shape index (κ2) is 7.43. The van der Waals surface area contributed by atoms with Crippen molar-refractivity contribution < 1.29 is 9.18 Å². The molecular formula is C19H22FN3O. The zero-order valence-electron chi connectivity index (χ0n) is 13.8. The van der Waals surface area contributed by atoms with Crippen LogP contribution in [0.2, 0.25) is 0 Å². The van der Waals surface area contributed by atoms with Crippen molar-refractivity contribution >= 4 is 17.3 Å². The Hall–Kier alpha value is -2.43. The van der Waals surface area contributed by atoms with Crippen LogP contribution in [0.5, 0.6) is 0 Å². The average Bonchev–Trinajstić information content (AvgIpc) is 2.63. The molecule has 1 N–H and O–H groups in total. The van der Waals surface area contributed by atoms with Crippen LogP contribution in [0.25, 0.3) is 0 Å². The number of piperidine rings is 1. The number of carbonyl (C=O) groups excluding carboxylic acids is 1. The Morgan fingerprint density at radius 1 is 1.33 bits per heavy atom. The molecule has 0 aliphatic carbocycles. The van der Waals surface area contributed by atoms with Crippen LogP contribution in [0.3, 0.4) is 0 Å². The molecule has 1 fully saturated rings. The predicted molar refractivity (Wildman–Crippen MR) is 93.9 cm³/mol. The van der Waals surface area contributed by atoms with Gasteiger partial charge < -0.3 is 10.2 Å². The number of hydrogen-bond donors (Lipinski definition) is 1. The van der Waals surface area contributed by atoms with Crippen LogP contribution in [0, 0.1) is 5.82 Å². The van der Waals surface area contributed by atoms with Gasteiger partial charge in [-0.15, -0.1) is 0 Å². The summed E-state index contributed by atoms with van der Waals surface area (Å²) in [5.74, 6) is -0.851. The fourth-order valence-corrected chi connectivity index (χ4v) is 3.24. The number of carbonyl (C=O) groups is 1. The highest BCUT2D eigenvalue weighted by molar-refractivity contribution is 6.03. The topological polar surface area (TPSA) is 45.2 Å². The summed E-state index contributed by atoms with van der Waals surface area (Å²) < 4.78 is 13.7. The molecule has 0 saturated carbocycles. The van der Waals surface area contributed by atoms with Crippen LogP contribution in [-0.2, 0) is 0 Å². The van der Waals surface area contributed by atoms with Gasteiger partial charge in [-0.1, -0.05) is 19.1 Å². The molecule has 2 aromatic rings. The minimum absolute atomic E-state index is 0.166. The van der Waals surface area contributed by atoms with Crippen molar-refractivity contribution in [2.45, 2.75) is 38.6 Å². The van der Waals surface area contributed by atoms with E-state index < -0.39 is 11.7 Å². The largest absolute Gasteiger partial charge is 0.368 e. The SMILES string of the molecule is CCC1CCCCN1c1ccnc(C(=O)Nc2ccccc2F)c1. The minimum Gasteiger partial charge on any atom is -0.368 e. The first-order valence-electron chi connectivity index (χ1n) is 8.47. The number of benzene rings is 1. The minimum atomic E-state index is -0.455. The molecule has 1 aromatic carbocycles. The molecule has 1 unspecified atom stereocenters. The maximum Gasteiger partial charge on any atom is 0.274 e. The second-order valence-corrected chi connectivity index (χ2v) is 6.08. The van der Waals surface area contributed by atoms with Crippen molar-refractivity contribution in [3.63, 3.8) is 0 Å². The van der Waals surface area contributed by atoms with Crippen molar-refractivity contribution in [2.75, 3.05) is 16.8 Å². The summed E-state index contributed by atoms with van der Waals surface area (Å²) in [7, 11) is 0. The number of amides is 1. The van der Waals surface area contributed by atoms with Crippen LogP contribution >= 0.6 is 0 Å². The van der Waals surface area contributed by atoms with Gasteiger partial charge in [-0.05, 0) is 49.9 Å². The van der Waals surface area contributed by atoms with E-state index in [1.54, 1.807) is 24.4 Å². The molecule has 1 aliphatic heterocycles. The number of halogens is 1. The summed E-state index contributed by atoms with van der Waals surface area (Å²) in [5.41, 5.74) is 1.48. The quantitative estimate of drug-likeness (QED) is 0.913. The van der Waals surface area contributed by atoms with Gasteiger partial charge in [0.05, 0.1) is 5.69 Å². The first-order chi connectivity index (χ1) is 11.7. The molecule has 1 atom stereocenters. The molecule has 5 heteroatoms. The fraction of sp³-hybridized carbons (Fsp3) is 0.368. The number of nitrogens with one attached hydrogen (secondary N) is 1. The lowest BCUT2D eigenvalue weighted by Crippen LogP contribution is -2.39. The third-order valence-corrected chi connectivity index (χ3v) is 4.53. The third kappa shape index (κ3) is 3.55. The van der Waals surface area contributed by atoms with Gasteiger partial charge in [0.25, 0.3) is 5.91 Å². The molecular weight excluding hydrogens is 305 g/mol. The van der Waals surface area contributed by atoms with E-state index in [2.05, 4.69) is 22.1 Å². The van der Waals surface area contributed by atoms with Crippen LogP contribution < -0.4 is 10.2 Å². The predicted octanol–water partition coefficient (Wildman–Crippen LogP) is 4.24. The summed E-state index contributed by atoms with van der Waals surface area (Å²) in [6.45, 7) is 3.19. The lowest BCUT2D eigenvalue weighted by molar-refractivity contribution is 0.102. The monoisotopic (exact) mass is 327 g/mol. The highest BCUT2D eigenvalue weighted by Crippen LogP contribution is 2.26. The van der Waals surface area contributed by atoms with E-state index in [4.69, 9.17) is 0 Å². The standard InChI is InChI=1S/C19H22FN3O/c1-2-14-7-5-6-12-23(14)15-10-11-21-18(13-15)19(24)22-17-9-4-3-8-16(17)20/h3-4,8-11,13-14H,2,5-7,12H2,1H3,(H,22,24). The van der Waals surface area contributed by atoms with Gasteiger partial charge in [0.1, 0.15) is 11.5 Å². The van der Waals surface area contributed by atoms with Crippen LogP contribution in [0.4, 0.5) is 15.8 Å². The average molecular weight is 327 g/mol. The molecule has 3 rings (SSSR count).